The Kier molecular flexibility index (Phi) is 9.67. The van der Waals surface area contributed by atoms with E-state index in [1.165, 1.54) is 6.07 Å². The molecule has 0 bridgehead atoms. The smallest absolute Gasteiger partial charge is 0.410 e. The van der Waals surface area contributed by atoms with Gasteiger partial charge in [-0.2, -0.15) is 15.2 Å². The zero-order valence-electron chi connectivity index (χ0n) is 22.6. The molecule has 0 aromatic carbocycles. The third-order valence-electron chi connectivity index (χ3n) is 6.46. The third-order valence-corrected chi connectivity index (χ3v) is 6.46. The molecular formula is C25H38FN7O5. The normalized spacial score (nSPS) is 25.5. The summed E-state index contributed by atoms with van der Waals surface area (Å²) in [5.74, 6) is 0.257. The van der Waals surface area contributed by atoms with Gasteiger partial charge in [0.2, 0.25) is 17.6 Å². The Hall–Kier alpha value is -3.24. The van der Waals surface area contributed by atoms with E-state index in [-0.39, 0.29) is 48.1 Å². The number of nitriles is 1. The van der Waals surface area contributed by atoms with Crippen LogP contribution in [-0.4, -0.2) is 99.7 Å². The summed E-state index contributed by atoms with van der Waals surface area (Å²) in [6, 6.07) is 3.13. The van der Waals surface area contributed by atoms with Gasteiger partial charge >= 0.3 is 6.09 Å². The van der Waals surface area contributed by atoms with E-state index in [4.69, 9.17) is 25.1 Å². The van der Waals surface area contributed by atoms with Crippen molar-refractivity contribution in [3.05, 3.63) is 11.9 Å². The van der Waals surface area contributed by atoms with Gasteiger partial charge in [0, 0.05) is 32.0 Å². The number of piperidine rings is 1. The maximum Gasteiger partial charge on any atom is 0.410 e. The summed E-state index contributed by atoms with van der Waals surface area (Å²) in [5.41, 5.74) is 5.28. The molecule has 38 heavy (non-hydrogen) atoms. The molecule has 2 aliphatic rings. The number of aliphatic imine (C=N–C) groups is 1. The molecule has 0 radical (unpaired) electrons. The first-order valence-electron chi connectivity index (χ1n) is 12.7. The number of nitrogens with two attached hydrogens (primary N) is 1. The van der Waals surface area contributed by atoms with Crippen LogP contribution < -0.4 is 15.2 Å². The predicted octanol–water partition coefficient (Wildman–Crippen LogP) is 2.00. The molecule has 3 rings (SSSR count). The largest absolute Gasteiger partial charge is 0.474 e. The lowest BCUT2D eigenvalue weighted by Crippen LogP contribution is -2.50. The van der Waals surface area contributed by atoms with Gasteiger partial charge < -0.3 is 30.0 Å². The standard InChI is InChI=1S/C25H38FN7O5/c1-15(19-10-16(26)13-32(19)5)36-20-12-21(31-23(30-20)22(28)29-14-34)37-18-7-9-33(17(11-18)6-8-27)24(35)38-25(2,3)4/h12,15-19,34H,6-7,9-11,13-14H2,1-5H3,(H2,28,29)/t15-,16+,17+,18-,19-/m0/s1. The van der Waals surface area contributed by atoms with Crippen molar-refractivity contribution in [3.63, 3.8) is 0 Å². The fourth-order valence-electron chi connectivity index (χ4n) is 4.72. The second kappa shape index (κ2) is 12.5. The van der Waals surface area contributed by atoms with Crippen molar-refractivity contribution in [1.29, 1.82) is 5.26 Å². The Bertz CT molecular complexity index is 1040. The van der Waals surface area contributed by atoms with E-state index < -0.39 is 30.6 Å². The average Bonchev–Trinajstić information content (AvgIpc) is 3.16. The molecule has 12 nitrogen and oxygen atoms in total. The zero-order valence-corrected chi connectivity index (χ0v) is 22.6. The Balaban J connectivity index is 1.78. The Morgan fingerprint density at radius 2 is 2.08 bits per heavy atom. The van der Waals surface area contributed by atoms with Crippen LogP contribution in [0.25, 0.3) is 0 Å². The number of amides is 1. The Labute approximate surface area is 222 Å². The topological polar surface area (TPSA) is 159 Å². The molecule has 1 aromatic heterocycles. The average molecular weight is 536 g/mol. The number of likely N-dealkylation sites (N-methyl/N-ethyl adjacent to an activating group) is 1. The number of amidine groups is 1. The highest BCUT2D eigenvalue weighted by molar-refractivity contribution is 5.94. The van der Waals surface area contributed by atoms with Crippen molar-refractivity contribution < 1.29 is 28.5 Å². The number of ether oxygens (including phenoxy) is 3. The molecule has 3 N–H and O–H groups in total. The van der Waals surface area contributed by atoms with Gasteiger partial charge in [-0.15, -0.1) is 0 Å². The maximum absolute atomic E-state index is 13.9. The minimum atomic E-state index is -0.920. The fourth-order valence-corrected chi connectivity index (χ4v) is 4.72. The third kappa shape index (κ3) is 7.88. The van der Waals surface area contributed by atoms with E-state index in [1.807, 2.05) is 18.9 Å². The second-order valence-corrected chi connectivity index (χ2v) is 10.7. The van der Waals surface area contributed by atoms with Crippen LogP contribution in [0.5, 0.6) is 11.8 Å². The quantitative estimate of drug-likeness (QED) is 0.372. The molecule has 1 aromatic rings. The first-order valence-corrected chi connectivity index (χ1v) is 12.7. The number of aliphatic hydroxyl groups is 1. The monoisotopic (exact) mass is 535 g/mol. The number of aromatic nitrogens is 2. The number of hydrogen-bond acceptors (Lipinski definition) is 10. The lowest BCUT2D eigenvalue weighted by Gasteiger charge is -2.38. The summed E-state index contributed by atoms with van der Waals surface area (Å²) in [6.07, 6.45) is -0.776. The van der Waals surface area contributed by atoms with Gasteiger partial charge in [0.15, 0.2) is 5.84 Å². The molecule has 0 spiro atoms. The number of carbonyl (C=O) groups is 1. The molecule has 0 aliphatic carbocycles. The van der Waals surface area contributed by atoms with E-state index in [0.29, 0.717) is 32.4 Å². The van der Waals surface area contributed by atoms with Crippen LogP contribution in [0.1, 0.15) is 59.2 Å². The first-order chi connectivity index (χ1) is 17.9. The molecule has 1 amide bonds. The van der Waals surface area contributed by atoms with Gasteiger partial charge in [0.25, 0.3) is 0 Å². The predicted molar refractivity (Wildman–Crippen MR) is 136 cm³/mol. The van der Waals surface area contributed by atoms with Crippen molar-refractivity contribution in [1.82, 2.24) is 19.8 Å². The fraction of sp³-hybridized carbons (Fsp3) is 0.720. The molecular weight excluding hydrogens is 497 g/mol. The van der Waals surface area contributed by atoms with Crippen LogP contribution in [0.4, 0.5) is 9.18 Å². The van der Waals surface area contributed by atoms with Gasteiger partial charge in [-0.05, 0) is 41.2 Å². The van der Waals surface area contributed by atoms with Crippen molar-refractivity contribution in [3.8, 4) is 17.8 Å². The molecule has 2 fully saturated rings. The van der Waals surface area contributed by atoms with E-state index in [0.717, 1.165) is 0 Å². The zero-order chi connectivity index (χ0) is 28.0. The molecule has 5 atom stereocenters. The highest BCUT2D eigenvalue weighted by atomic mass is 19.1. The van der Waals surface area contributed by atoms with Gasteiger partial charge in [-0.1, -0.05) is 0 Å². The SMILES string of the molecule is C[C@H](Oc1cc(O[C@H]2CCN(C(=O)OC(C)(C)C)[C@H](CC#N)C2)nc(C(N)=NCO)n1)[C@@H]1C[C@@H](F)CN1C. The van der Waals surface area contributed by atoms with Crippen molar-refractivity contribution in [2.24, 2.45) is 10.7 Å². The summed E-state index contributed by atoms with van der Waals surface area (Å²) < 4.78 is 31.6. The number of rotatable bonds is 8. The van der Waals surface area contributed by atoms with Gasteiger partial charge in [-0.25, -0.2) is 14.2 Å². The van der Waals surface area contributed by atoms with Crippen LogP contribution in [0, 0.1) is 11.3 Å². The van der Waals surface area contributed by atoms with Crippen molar-refractivity contribution in [2.75, 3.05) is 26.9 Å². The van der Waals surface area contributed by atoms with Gasteiger partial charge in [-0.3, -0.25) is 4.90 Å². The summed E-state index contributed by atoms with van der Waals surface area (Å²) in [7, 11) is 1.84. The van der Waals surface area contributed by atoms with E-state index in [1.54, 1.807) is 25.7 Å². The summed E-state index contributed by atoms with van der Waals surface area (Å²) >= 11 is 0. The Morgan fingerprint density at radius 1 is 1.37 bits per heavy atom. The van der Waals surface area contributed by atoms with Crippen LogP contribution in [0.2, 0.25) is 0 Å². The Morgan fingerprint density at radius 3 is 2.68 bits per heavy atom. The molecule has 0 unspecified atom stereocenters. The van der Waals surface area contributed by atoms with Crippen molar-refractivity contribution >= 4 is 11.9 Å². The highest BCUT2D eigenvalue weighted by Crippen LogP contribution is 2.28. The molecule has 3 heterocycles. The maximum atomic E-state index is 13.9. The number of hydrogen-bond donors (Lipinski definition) is 2. The van der Waals surface area contributed by atoms with Crippen LogP contribution in [0.3, 0.4) is 0 Å². The van der Waals surface area contributed by atoms with E-state index in [2.05, 4.69) is 21.0 Å². The number of aliphatic hydroxyl groups excluding tert-OH is 1. The van der Waals surface area contributed by atoms with E-state index in [9.17, 15) is 14.4 Å². The highest BCUT2D eigenvalue weighted by Gasteiger charge is 2.36. The molecule has 13 heteroatoms. The van der Waals surface area contributed by atoms with Gasteiger partial charge in [0.05, 0.1) is 24.6 Å². The minimum Gasteiger partial charge on any atom is -0.474 e. The number of nitrogens with zero attached hydrogens (tertiary/aromatic N) is 6. The molecule has 2 saturated heterocycles. The lowest BCUT2D eigenvalue weighted by atomic mass is 9.97. The van der Waals surface area contributed by atoms with Crippen LogP contribution in [0.15, 0.2) is 11.1 Å². The van der Waals surface area contributed by atoms with E-state index >= 15 is 0 Å². The number of likely N-dealkylation sites (tertiary alicyclic amines) is 2. The molecule has 0 saturated carbocycles. The summed E-state index contributed by atoms with van der Waals surface area (Å²) in [4.78, 5) is 28.6. The number of halogens is 1. The number of carbonyl (C=O) groups excluding carboxylic acids is 1. The van der Waals surface area contributed by atoms with Crippen molar-refractivity contribution in [2.45, 2.75) is 89.4 Å². The number of alkyl halides is 1. The molecule has 210 valence electrons. The summed E-state index contributed by atoms with van der Waals surface area (Å²) in [6.45, 7) is 7.35. The van der Waals surface area contributed by atoms with Crippen LogP contribution >= 0.6 is 0 Å². The molecule has 2 aliphatic heterocycles. The van der Waals surface area contributed by atoms with Crippen LogP contribution in [-0.2, 0) is 4.74 Å². The first kappa shape index (κ1) is 29.3. The lowest BCUT2D eigenvalue weighted by molar-refractivity contribution is -0.00384. The summed E-state index contributed by atoms with van der Waals surface area (Å²) in [5, 5.41) is 18.5. The minimum absolute atomic E-state index is 0.0154. The van der Waals surface area contributed by atoms with Gasteiger partial charge in [0.1, 0.15) is 30.7 Å². The second-order valence-electron chi connectivity index (χ2n) is 10.7.